The molecule has 0 N–H and O–H groups in total. The Morgan fingerprint density at radius 3 is 2.38 bits per heavy atom. The fraction of sp³-hybridized carbons (Fsp3) is 0.350. The zero-order valence-corrected chi connectivity index (χ0v) is 14.4. The number of carbonyl (C=O) groups excluding carboxylic acids is 1. The number of aryl methyl sites for hydroxylation is 1. The maximum atomic E-state index is 12.5. The van der Waals surface area contributed by atoms with Gasteiger partial charge in [-0.25, -0.2) is 0 Å². The molecule has 0 radical (unpaired) electrons. The topological polar surface area (TPSA) is 32.8 Å². The van der Waals surface area contributed by atoms with Gasteiger partial charge in [0.2, 0.25) is 5.91 Å². The van der Waals surface area contributed by atoms with E-state index in [1.54, 1.807) is 7.11 Å². The standard InChI is InChI=1S/C20H24N2O2/c1-16-4-3-5-18(14-16)21-10-12-22(13-11-21)20(23)15-17-6-8-19(24-2)9-7-17/h3-9,14H,10-13,15H2,1-2H3. The monoisotopic (exact) mass is 324 g/mol. The number of anilines is 1. The highest BCUT2D eigenvalue weighted by molar-refractivity contribution is 5.79. The maximum absolute atomic E-state index is 12.5. The average Bonchev–Trinajstić information content (AvgIpc) is 2.62. The van der Waals surface area contributed by atoms with Gasteiger partial charge in [-0.3, -0.25) is 4.79 Å². The summed E-state index contributed by atoms with van der Waals surface area (Å²) in [4.78, 5) is 16.8. The smallest absolute Gasteiger partial charge is 0.227 e. The highest BCUT2D eigenvalue weighted by Crippen LogP contribution is 2.18. The molecule has 2 aromatic carbocycles. The van der Waals surface area contributed by atoms with Crippen molar-refractivity contribution in [3.8, 4) is 5.75 Å². The third-order valence-electron chi connectivity index (χ3n) is 4.51. The molecule has 2 aromatic rings. The molecule has 1 aliphatic rings. The van der Waals surface area contributed by atoms with Gasteiger partial charge in [0.05, 0.1) is 13.5 Å². The Bertz CT molecular complexity index is 689. The highest BCUT2D eigenvalue weighted by Gasteiger charge is 2.21. The molecule has 0 unspecified atom stereocenters. The predicted molar refractivity (Wildman–Crippen MR) is 96.7 cm³/mol. The van der Waals surface area contributed by atoms with Gasteiger partial charge in [-0.05, 0) is 42.3 Å². The van der Waals surface area contributed by atoms with Gasteiger partial charge in [-0.1, -0.05) is 24.3 Å². The number of benzene rings is 2. The molecule has 1 fully saturated rings. The molecule has 24 heavy (non-hydrogen) atoms. The van der Waals surface area contributed by atoms with Gasteiger partial charge in [0.1, 0.15) is 5.75 Å². The molecule has 3 rings (SSSR count). The lowest BCUT2D eigenvalue weighted by Crippen LogP contribution is -2.49. The lowest BCUT2D eigenvalue weighted by atomic mass is 10.1. The molecular weight excluding hydrogens is 300 g/mol. The quantitative estimate of drug-likeness (QED) is 0.867. The highest BCUT2D eigenvalue weighted by atomic mass is 16.5. The zero-order valence-electron chi connectivity index (χ0n) is 14.4. The van der Waals surface area contributed by atoms with Crippen LogP contribution in [-0.2, 0) is 11.2 Å². The molecule has 0 spiro atoms. The Hall–Kier alpha value is -2.49. The number of rotatable bonds is 4. The van der Waals surface area contributed by atoms with Gasteiger partial charge < -0.3 is 14.5 Å². The summed E-state index contributed by atoms with van der Waals surface area (Å²) in [7, 11) is 1.65. The Balaban J connectivity index is 1.54. The second-order valence-electron chi connectivity index (χ2n) is 6.23. The largest absolute Gasteiger partial charge is 0.497 e. The summed E-state index contributed by atoms with van der Waals surface area (Å²) in [5, 5.41) is 0. The molecular formula is C20H24N2O2. The van der Waals surface area contributed by atoms with Gasteiger partial charge in [0, 0.05) is 31.9 Å². The Kier molecular flexibility index (Phi) is 5.04. The van der Waals surface area contributed by atoms with Crippen LogP contribution in [0.1, 0.15) is 11.1 Å². The molecule has 4 heteroatoms. The third-order valence-corrected chi connectivity index (χ3v) is 4.51. The zero-order chi connectivity index (χ0) is 16.9. The number of amides is 1. The summed E-state index contributed by atoms with van der Waals surface area (Å²) in [6.07, 6.45) is 0.453. The molecule has 126 valence electrons. The Morgan fingerprint density at radius 1 is 1.04 bits per heavy atom. The molecule has 0 bridgehead atoms. The van der Waals surface area contributed by atoms with Crippen LogP contribution in [-0.4, -0.2) is 44.1 Å². The van der Waals surface area contributed by atoms with Gasteiger partial charge in [-0.15, -0.1) is 0 Å². The molecule has 1 amide bonds. The third kappa shape index (κ3) is 3.88. The van der Waals surface area contributed by atoms with Gasteiger partial charge in [-0.2, -0.15) is 0 Å². The van der Waals surface area contributed by atoms with Crippen LogP contribution in [0.2, 0.25) is 0 Å². The van der Waals surface area contributed by atoms with Crippen LogP contribution >= 0.6 is 0 Å². The van der Waals surface area contributed by atoms with Crippen molar-refractivity contribution in [1.82, 2.24) is 4.90 Å². The van der Waals surface area contributed by atoms with Crippen LogP contribution in [0.5, 0.6) is 5.75 Å². The summed E-state index contributed by atoms with van der Waals surface area (Å²) >= 11 is 0. The lowest BCUT2D eigenvalue weighted by molar-refractivity contribution is -0.130. The minimum atomic E-state index is 0.198. The van der Waals surface area contributed by atoms with E-state index in [0.29, 0.717) is 6.42 Å². The Morgan fingerprint density at radius 2 is 1.75 bits per heavy atom. The summed E-state index contributed by atoms with van der Waals surface area (Å²) < 4.78 is 5.15. The first-order chi connectivity index (χ1) is 11.7. The van der Waals surface area contributed by atoms with Crippen molar-refractivity contribution in [3.05, 3.63) is 59.7 Å². The van der Waals surface area contributed by atoms with E-state index in [1.807, 2.05) is 29.2 Å². The maximum Gasteiger partial charge on any atom is 0.227 e. The van der Waals surface area contributed by atoms with Crippen LogP contribution in [0, 0.1) is 6.92 Å². The van der Waals surface area contributed by atoms with Crippen LogP contribution in [0.25, 0.3) is 0 Å². The Labute approximate surface area is 143 Å². The summed E-state index contributed by atoms with van der Waals surface area (Å²) in [6.45, 7) is 5.44. The van der Waals surface area contributed by atoms with Crippen molar-refractivity contribution in [1.29, 1.82) is 0 Å². The van der Waals surface area contributed by atoms with E-state index in [2.05, 4.69) is 36.1 Å². The van der Waals surface area contributed by atoms with Crippen molar-refractivity contribution in [3.63, 3.8) is 0 Å². The second kappa shape index (κ2) is 7.39. The molecule has 0 aliphatic carbocycles. The minimum Gasteiger partial charge on any atom is -0.497 e. The van der Waals surface area contributed by atoms with Crippen molar-refractivity contribution >= 4 is 11.6 Å². The average molecular weight is 324 g/mol. The van der Waals surface area contributed by atoms with E-state index in [-0.39, 0.29) is 5.91 Å². The molecule has 1 aliphatic heterocycles. The van der Waals surface area contributed by atoms with Crippen LogP contribution in [0.3, 0.4) is 0 Å². The van der Waals surface area contributed by atoms with Crippen molar-refractivity contribution in [2.24, 2.45) is 0 Å². The second-order valence-corrected chi connectivity index (χ2v) is 6.23. The van der Waals surface area contributed by atoms with Crippen molar-refractivity contribution in [2.45, 2.75) is 13.3 Å². The summed E-state index contributed by atoms with van der Waals surface area (Å²) in [5.41, 5.74) is 3.55. The lowest BCUT2D eigenvalue weighted by Gasteiger charge is -2.36. The number of carbonyl (C=O) groups is 1. The summed E-state index contributed by atoms with van der Waals surface area (Å²) in [6, 6.07) is 16.3. The number of nitrogens with zero attached hydrogens (tertiary/aromatic N) is 2. The van der Waals surface area contributed by atoms with Gasteiger partial charge in [0.15, 0.2) is 0 Å². The van der Waals surface area contributed by atoms with E-state index in [1.165, 1.54) is 11.3 Å². The predicted octanol–water partition coefficient (Wildman–Crippen LogP) is 2.89. The number of ether oxygens (including phenoxy) is 1. The first-order valence-corrected chi connectivity index (χ1v) is 8.38. The van der Waals surface area contributed by atoms with Crippen molar-refractivity contribution in [2.75, 3.05) is 38.2 Å². The fourth-order valence-electron chi connectivity index (χ4n) is 3.07. The van der Waals surface area contributed by atoms with E-state index >= 15 is 0 Å². The number of methoxy groups -OCH3 is 1. The molecule has 1 saturated heterocycles. The summed E-state index contributed by atoms with van der Waals surface area (Å²) in [5.74, 6) is 1.02. The molecule has 0 aromatic heterocycles. The number of piperazine rings is 1. The minimum absolute atomic E-state index is 0.198. The van der Waals surface area contributed by atoms with E-state index in [9.17, 15) is 4.79 Å². The van der Waals surface area contributed by atoms with Crippen LogP contribution in [0.4, 0.5) is 5.69 Å². The van der Waals surface area contributed by atoms with Crippen molar-refractivity contribution < 1.29 is 9.53 Å². The van der Waals surface area contributed by atoms with Crippen LogP contribution in [0.15, 0.2) is 48.5 Å². The molecule has 4 nitrogen and oxygen atoms in total. The normalized spacial score (nSPS) is 14.6. The molecule has 1 heterocycles. The number of hydrogen-bond acceptors (Lipinski definition) is 3. The van der Waals surface area contributed by atoms with E-state index in [0.717, 1.165) is 37.5 Å². The first kappa shape index (κ1) is 16.4. The van der Waals surface area contributed by atoms with Crippen LogP contribution < -0.4 is 9.64 Å². The SMILES string of the molecule is COc1ccc(CC(=O)N2CCN(c3cccc(C)c3)CC2)cc1. The van der Waals surface area contributed by atoms with Gasteiger partial charge >= 0.3 is 0 Å². The van der Waals surface area contributed by atoms with E-state index < -0.39 is 0 Å². The molecule has 0 saturated carbocycles. The number of hydrogen-bond donors (Lipinski definition) is 0. The van der Waals surface area contributed by atoms with Gasteiger partial charge in [0.25, 0.3) is 0 Å². The fourth-order valence-corrected chi connectivity index (χ4v) is 3.07. The van der Waals surface area contributed by atoms with E-state index in [4.69, 9.17) is 4.74 Å². The molecule has 0 atom stereocenters. The first-order valence-electron chi connectivity index (χ1n) is 8.38.